The van der Waals surface area contributed by atoms with Gasteiger partial charge in [0.2, 0.25) is 0 Å². The fraction of sp³-hybridized carbons (Fsp3) is 0.818. The van der Waals surface area contributed by atoms with Crippen LogP contribution in [0.25, 0.3) is 0 Å². The van der Waals surface area contributed by atoms with Crippen LogP contribution in [0.15, 0.2) is 0 Å². The van der Waals surface area contributed by atoms with Crippen molar-refractivity contribution in [3.05, 3.63) is 5.82 Å². The number of esters is 1. The highest BCUT2D eigenvalue weighted by atomic mass is 16.5. The Morgan fingerprint density at radius 1 is 1.56 bits per heavy atom. The van der Waals surface area contributed by atoms with Gasteiger partial charge in [0.15, 0.2) is 5.82 Å². The number of carbonyl (C=O) groups is 1. The van der Waals surface area contributed by atoms with Crippen LogP contribution < -0.4 is 0 Å². The first-order valence-electron chi connectivity index (χ1n) is 6.31. The molecule has 1 aromatic rings. The highest BCUT2D eigenvalue weighted by Crippen LogP contribution is 2.18. The third kappa shape index (κ3) is 3.25. The minimum absolute atomic E-state index is 0.0182. The highest BCUT2D eigenvalue weighted by Gasteiger charge is 2.27. The zero-order valence-electron chi connectivity index (χ0n) is 10.9. The van der Waals surface area contributed by atoms with E-state index in [-0.39, 0.29) is 11.9 Å². The van der Waals surface area contributed by atoms with E-state index in [0.29, 0.717) is 19.0 Å². The summed E-state index contributed by atoms with van der Waals surface area (Å²) in [6.45, 7) is 4.61. The van der Waals surface area contributed by atoms with E-state index in [1.165, 1.54) is 4.80 Å². The molecule has 1 aliphatic rings. The molecule has 2 rings (SSSR count). The maximum absolute atomic E-state index is 11.7. The van der Waals surface area contributed by atoms with Gasteiger partial charge in [-0.15, -0.1) is 10.2 Å². The number of piperidine rings is 1. The monoisotopic (exact) mass is 253 g/mol. The fourth-order valence-electron chi connectivity index (χ4n) is 2.24. The van der Waals surface area contributed by atoms with Gasteiger partial charge in [-0.2, -0.15) is 4.80 Å². The highest BCUT2D eigenvalue weighted by molar-refractivity contribution is 5.72. The van der Waals surface area contributed by atoms with Crippen molar-refractivity contribution in [1.82, 2.24) is 25.1 Å². The van der Waals surface area contributed by atoms with Gasteiger partial charge in [-0.25, -0.2) is 0 Å². The van der Waals surface area contributed by atoms with Crippen molar-refractivity contribution in [2.75, 3.05) is 19.7 Å². The summed E-state index contributed by atoms with van der Waals surface area (Å²) >= 11 is 0. The molecule has 1 atom stereocenters. The average Bonchev–Trinajstić information content (AvgIpc) is 2.75. The van der Waals surface area contributed by atoms with Gasteiger partial charge in [0.05, 0.1) is 26.1 Å². The van der Waals surface area contributed by atoms with Crippen LogP contribution in [0.3, 0.4) is 0 Å². The summed E-state index contributed by atoms with van der Waals surface area (Å²) in [6.07, 6.45) is 1.91. The first kappa shape index (κ1) is 12.9. The topological polar surface area (TPSA) is 73.1 Å². The zero-order chi connectivity index (χ0) is 13.0. The molecule has 0 aromatic carbocycles. The normalized spacial score (nSPS) is 20.9. The van der Waals surface area contributed by atoms with Gasteiger partial charge < -0.3 is 4.74 Å². The molecule has 1 unspecified atom stereocenters. The molecular formula is C11H19N5O2. The number of aryl methyl sites for hydroxylation is 1. The standard InChI is InChI=1S/C11H19N5O2/c1-3-18-11(17)9-5-4-6-16(7-9)8-10-12-14-15(2)13-10/h9H,3-8H2,1-2H3. The number of hydrogen-bond acceptors (Lipinski definition) is 6. The second kappa shape index (κ2) is 5.90. The third-order valence-corrected chi connectivity index (χ3v) is 3.04. The number of aromatic nitrogens is 4. The van der Waals surface area contributed by atoms with Gasteiger partial charge in [0.1, 0.15) is 0 Å². The fourth-order valence-corrected chi connectivity index (χ4v) is 2.24. The van der Waals surface area contributed by atoms with E-state index in [4.69, 9.17) is 4.74 Å². The van der Waals surface area contributed by atoms with Crippen LogP contribution in [0, 0.1) is 5.92 Å². The summed E-state index contributed by atoms with van der Waals surface area (Å²) < 4.78 is 5.07. The van der Waals surface area contributed by atoms with Crippen molar-refractivity contribution in [1.29, 1.82) is 0 Å². The second-order valence-electron chi connectivity index (χ2n) is 4.52. The van der Waals surface area contributed by atoms with Crippen molar-refractivity contribution < 1.29 is 9.53 Å². The lowest BCUT2D eigenvalue weighted by molar-refractivity contribution is -0.150. The molecule has 1 saturated heterocycles. The number of carbonyl (C=O) groups excluding carboxylic acids is 1. The molecule has 1 fully saturated rings. The Morgan fingerprint density at radius 2 is 2.39 bits per heavy atom. The number of ether oxygens (including phenoxy) is 1. The molecule has 18 heavy (non-hydrogen) atoms. The Labute approximate surface area is 106 Å². The van der Waals surface area contributed by atoms with Gasteiger partial charge in [-0.1, -0.05) is 0 Å². The quantitative estimate of drug-likeness (QED) is 0.702. The Balaban J connectivity index is 1.88. The molecule has 1 aromatic heterocycles. The van der Waals surface area contributed by atoms with E-state index in [9.17, 15) is 4.79 Å². The number of hydrogen-bond donors (Lipinski definition) is 0. The van der Waals surface area contributed by atoms with Crippen molar-refractivity contribution in [2.45, 2.75) is 26.3 Å². The number of nitrogens with zero attached hydrogens (tertiary/aromatic N) is 5. The summed E-state index contributed by atoms with van der Waals surface area (Å²) in [6, 6.07) is 0. The summed E-state index contributed by atoms with van der Waals surface area (Å²) in [5, 5.41) is 11.9. The SMILES string of the molecule is CCOC(=O)C1CCCN(Cc2nnn(C)n2)C1. The molecule has 0 spiro atoms. The van der Waals surface area contributed by atoms with Crippen molar-refractivity contribution >= 4 is 5.97 Å². The van der Waals surface area contributed by atoms with E-state index in [1.807, 2.05) is 6.92 Å². The van der Waals surface area contributed by atoms with Gasteiger partial charge in [0, 0.05) is 6.54 Å². The minimum Gasteiger partial charge on any atom is -0.466 e. The Hall–Kier alpha value is -1.50. The maximum atomic E-state index is 11.7. The Morgan fingerprint density at radius 3 is 3.06 bits per heavy atom. The predicted molar refractivity (Wildman–Crippen MR) is 63.4 cm³/mol. The van der Waals surface area contributed by atoms with E-state index in [1.54, 1.807) is 7.05 Å². The van der Waals surface area contributed by atoms with Crippen LogP contribution in [-0.4, -0.2) is 50.8 Å². The first-order chi connectivity index (χ1) is 8.69. The number of likely N-dealkylation sites (tertiary alicyclic amines) is 1. The predicted octanol–water partition coefficient (Wildman–Crippen LogP) is -0.0148. The zero-order valence-corrected chi connectivity index (χ0v) is 10.9. The van der Waals surface area contributed by atoms with Crippen molar-refractivity contribution in [2.24, 2.45) is 13.0 Å². The van der Waals surface area contributed by atoms with Crippen LogP contribution in [0.5, 0.6) is 0 Å². The molecule has 0 amide bonds. The largest absolute Gasteiger partial charge is 0.466 e. The summed E-state index contributed by atoms with van der Waals surface area (Å²) in [7, 11) is 1.74. The van der Waals surface area contributed by atoms with Gasteiger partial charge >= 0.3 is 5.97 Å². The average molecular weight is 253 g/mol. The third-order valence-electron chi connectivity index (χ3n) is 3.04. The van der Waals surface area contributed by atoms with Crippen LogP contribution in [0.1, 0.15) is 25.6 Å². The Bertz CT molecular complexity index is 406. The van der Waals surface area contributed by atoms with Crippen LogP contribution in [0.2, 0.25) is 0 Å². The van der Waals surface area contributed by atoms with E-state index < -0.39 is 0 Å². The molecule has 0 N–H and O–H groups in total. The lowest BCUT2D eigenvalue weighted by Gasteiger charge is -2.30. The summed E-state index contributed by atoms with van der Waals surface area (Å²) in [5.74, 6) is 0.590. The maximum Gasteiger partial charge on any atom is 0.310 e. The Kier molecular flexibility index (Phi) is 4.24. The molecule has 0 radical (unpaired) electrons. The summed E-state index contributed by atoms with van der Waals surface area (Å²) in [4.78, 5) is 15.3. The van der Waals surface area contributed by atoms with Gasteiger partial charge in [0.25, 0.3) is 0 Å². The molecule has 0 saturated carbocycles. The second-order valence-corrected chi connectivity index (χ2v) is 4.52. The van der Waals surface area contributed by atoms with Crippen molar-refractivity contribution in [3.63, 3.8) is 0 Å². The van der Waals surface area contributed by atoms with Crippen LogP contribution >= 0.6 is 0 Å². The molecule has 2 heterocycles. The lowest BCUT2D eigenvalue weighted by Crippen LogP contribution is -2.39. The molecule has 1 aliphatic heterocycles. The van der Waals surface area contributed by atoms with E-state index in [0.717, 1.165) is 25.9 Å². The van der Waals surface area contributed by atoms with Crippen LogP contribution in [-0.2, 0) is 23.1 Å². The first-order valence-corrected chi connectivity index (χ1v) is 6.31. The molecular weight excluding hydrogens is 234 g/mol. The number of tetrazole rings is 1. The molecule has 7 heteroatoms. The summed E-state index contributed by atoms with van der Waals surface area (Å²) in [5.41, 5.74) is 0. The smallest absolute Gasteiger partial charge is 0.310 e. The van der Waals surface area contributed by atoms with Crippen molar-refractivity contribution in [3.8, 4) is 0 Å². The lowest BCUT2D eigenvalue weighted by atomic mass is 9.98. The minimum atomic E-state index is -0.0886. The van der Waals surface area contributed by atoms with Gasteiger partial charge in [-0.3, -0.25) is 9.69 Å². The molecule has 0 aliphatic carbocycles. The molecule has 100 valence electrons. The van der Waals surface area contributed by atoms with E-state index in [2.05, 4.69) is 20.3 Å². The number of rotatable bonds is 4. The molecule has 7 nitrogen and oxygen atoms in total. The van der Waals surface area contributed by atoms with E-state index >= 15 is 0 Å². The molecule has 0 bridgehead atoms. The van der Waals surface area contributed by atoms with Gasteiger partial charge in [-0.05, 0) is 31.5 Å². The van der Waals surface area contributed by atoms with Crippen LogP contribution in [0.4, 0.5) is 0 Å².